The van der Waals surface area contributed by atoms with Crippen molar-refractivity contribution in [3.63, 3.8) is 0 Å². The van der Waals surface area contributed by atoms with Crippen molar-refractivity contribution in [1.29, 1.82) is 0 Å². The summed E-state index contributed by atoms with van der Waals surface area (Å²) >= 11 is 0. The molecule has 0 aromatic heterocycles. The van der Waals surface area contributed by atoms with Crippen molar-refractivity contribution in [2.75, 3.05) is 34.0 Å². The predicted molar refractivity (Wildman–Crippen MR) is 37.4 cm³/mol. The van der Waals surface area contributed by atoms with E-state index in [0.717, 1.165) is 19.8 Å². The maximum atomic E-state index is 5.05. The third kappa shape index (κ3) is 1.67. The number of nitrogens with one attached hydrogen (secondary N) is 1. The van der Waals surface area contributed by atoms with Gasteiger partial charge in [-0.15, -0.1) is 0 Å². The van der Waals surface area contributed by atoms with Crippen molar-refractivity contribution in [2.45, 2.75) is 6.41 Å². The van der Waals surface area contributed by atoms with Gasteiger partial charge in [0, 0.05) is 27.3 Å². The minimum Gasteiger partial charge on any atom is -0.343 e. The molecule has 1 saturated heterocycles. The molecule has 1 fully saturated rings. The molecule has 1 heterocycles. The van der Waals surface area contributed by atoms with E-state index >= 15 is 0 Å². The Kier molecular flexibility index (Phi) is 3.08. The third-order valence-corrected chi connectivity index (χ3v) is 1.59. The first-order chi connectivity index (χ1) is 4.88. The van der Waals surface area contributed by atoms with Gasteiger partial charge in [0.05, 0.1) is 6.67 Å². The summed E-state index contributed by atoms with van der Waals surface area (Å²) in [5, 5.41) is 3.19. The van der Waals surface area contributed by atoms with Crippen LogP contribution in [0.15, 0.2) is 0 Å². The van der Waals surface area contributed by atoms with E-state index in [-0.39, 0.29) is 6.41 Å². The summed E-state index contributed by atoms with van der Waals surface area (Å²) in [6.45, 7) is 2.86. The largest absolute Gasteiger partial charge is 0.343 e. The average Bonchev–Trinajstić information content (AvgIpc) is 2.43. The molecule has 0 radical (unpaired) electrons. The molecule has 1 aliphatic heterocycles. The summed E-state index contributed by atoms with van der Waals surface area (Å²) in [6.07, 6.45) is -0.185. The molecule has 10 heavy (non-hydrogen) atoms. The van der Waals surface area contributed by atoms with Gasteiger partial charge in [-0.05, 0) is 0 Å². The number of hydrogen-bond acceptors (Lipinski definition) is 4. The van der Waals surface area contributed by atoms with Crippen molar-refractivity contribution in [3.05, 3.63) is 0 Å². The first kappa shape index (κ1) is 7.94. The molecule has 1 N–H and O–H groups in total. The van der Waals surface area contributed by atoms with Crippen LogP contribution >= 0.6 is 0 Å². The van der Waals surface area contributed by atoms with Crippen molar-refractivity contribution < 1.29 is 9.47 Å². The van der Waals surface area contributed by atoms with Gasteiger partial charge < -0.3 is 14.8 Å². The Balaban J connectivity index is 2.29. The first-order valence-electron chi connectivity index (χ1n) is 3.39. The average molecular weight is 146 g/mol. The molecule has 0 aromatic carbocycles. The Morgan fingerprint density at radius 3 is 2.50 bits per heavy atom. The number of nitrogens with zero attached hydrogens (tertiary/aromatic N) is 1. The van der Waals surface area contributed by atoms with Crippen LogP contribution in [-0.4, -0.2) is 45.3 Å². The van der Waals surface area contributed by atoms with Crippen LogP contribution in [0.2, 0.25) is 0 Å². The van der Waals surface area contributed by atoms with Crippen LogP contribution in [0.25, 0.3) is 0 Å². The highest BCUT2D eigenvalue weighted by Crippen LogP contribution is 2.02. The van der Waals surface area contributed by atoms with Crippen molar-refractivity contribution >= 4 is 0 Å². The minimum atomic E-state index is -0.185. The lowest BCUT2D eigenvalue weighted by molar-refractivity contribution is -0.189. The van der Waals surface area contributed by atoms with Crippen molar-refractivity contribution in [3.8, 4) is 0 Å². The van der Waals surface area contributed by atoms with Crippen LogP contribution < -0.4 is 5.32 Å². The lowest BCUT2D eigenvalue weighted by Gasteiger charge is -2.22. The fourth-order valence-electron chi connectivity index (χ4n) is 1.10. The molecule has 0 unspecified atom stereocenters. The van der Waals surface area contributed by atoms with Crippen LogP contribution in [0.3, 0.4) is 0 Å². The Hall–Kier alpha value is -0.160. The van der Waals surface area contributed by atoms with E-state index in [9.17, 15) is 0 Å². The molecule has 4 nitrogen and oxygen atoms in total. The normalized spacial score (nSPS) is 20.7. The van der Waals surface area contributed by atoms with E-state index in [1.165, 1.54) is 0 Å². The van der Waals surface area contributed by atoms with E-state index < -0.39 is 0 Å². The van der Waals surface area contributed by atoms with Gasteiger partial charge in [0.25, 0.3) is 0 Å². The van der Waals surface area contributed by atoms with Crippen molar-refractivity contribution in [1.82, 2.24) is 10.2 Å². The molecule has 0 saturated carbocycles. The molecule has 0 atom stereocenters. The second kappa shape index (κ2) is 3.88. The summed E-state index contributed by atoms with van der Waals surface area (Å²) in [5.74, 6) is 0. The van der Waals surface area contributed by atoms with E-state index in [1.54, 1.807) is 14.2 Å². The SMILES string of the molecule is COC(OC)N1CCNC1. The number of hydrogen-bond donors (Lipinski definition) is 1. The van der Waals surface area contributed by atoms with Crippen molar-refractivity contribution in [2.24, 2.45) is 0 Å². The highest BCUT2D eigenvalue weighted by molar-refractivity contribution is 4.64. The quantitative estimate of drug-likeness (QED) is 0.540. The summed E-state index contributed by atoms with van der Waals surface area (Å²) in [5.41, 5.74) is 0. The molecule has 0 spiro atoms. The molecular weight excluding hydrogens is 132 g/mol. The van der Waals surface area contributed by atoms with E-state index in [0.29, 0.717) is 0 Å². The summed E-state index contributed by atoms with van der Waals surface area (Å²) in [6, 6.07) is 0. The second-order valence-electron chi connectivity index (χ2n) is 2.25. The summed E-state index contributed by atoms with van der Waals surface area (Å²) in [7, 11) is 3.29. The number of rotatable bonds is 3. The van der Waals surface area contributed by atoms with Gasteiger partial charge in [0.15, 0.2) is 0 Å². The standard InChI is InChI=1S/C6H14N2O2/c1-9-6(10-2)8-4-3-7-5-8/h6-7H,3-5H2,1-2H3. The zero-order valence-corrected chi connectivity index (χ0v) is 6.46. The van der Waals surface area contributed by atoms with E-state index in [1.807, 2.05) is 0 Å². The van der Waals surface area contributed by atoms with Gasteiger partial charge in [-0.2, -0.15) is 0 Å². The molecule has 1 rings (SSSR count). The van der Waals surface area contributed by atoms with E-state index in [2.05, 4.69) is 10.2 Å². The smallest absolute Gasteiger partial charge is 0.219 e. The Morgan fingerprint density at radius 1 is 1.40 bits per heavy atom. The zero-order chi connectivity index (χ0) is 7.40. The molecule has 1 aliphatic rings. The molecular formula is C6H14N2O2. The summed E-state index contributed by atoms with van der Waals surface area (Å²) in [4.78, 5) is 2.08. The van der Waals surface area contributed by atoms with Gasteiger partial charge in [0.2, 0.25) is 6.41 Å². The molecule has 4 heteroatoms. The molecule has 0 aromatic rings. The monoisotopic (exact) mass is 146 g/mol. The molecule has 60 valence electrons. The van der Waals surface area contributed by atoms with Crippen LogP contribution in [0, 0.1) is 0 Å². The molecule has 0 amide bonds. The highest BCUT2D eigenvalue weighted by Gasteiger charge is 2.19. The lowest BCUT2D eigenvalue weighted by Crippen LogP contribution is -2.36. The predicted octanol–water partition coefficient (Wildman–Crippen LogP) is -0.575. The van der Waals surface area contributed by atoms with E-state index in [4.69, 9.17) is 9.47 Å². The summed E-state index contributed by atoms with van der Waals surface area (Å²) < 4.78 is 10.1. The van der Waals surface area contributed by atoms with Crippen LogP contribution in [0.4, 0.5) is 0 Å². The van der Waals surface area contributed by atoms with Gasteiger partial charge in [-0.1, -0.05) is 0 Å². The fourth-order valence-corrected chi connectivity index (χ4v) is 1.10. The molecule has 0 bridgehead atoms. The van der Waals surface area contributed by atoms with Crippen LogP contribution in [-0.2, 0) is 9.47 Å². The maximum absolute atomic E-state index is 5.05. The lowest BCUT2D eigenvalue weighted by atomic mass is 10.6. The minimum absolute atomic E-state index is 0.185. The van der Waals surface area contributed by atoms with Gasteiger partial charge in [-0.3, -0.25) is 0 Å². The first-order valence-corrected chi connectivity index (χ1v) is 3.39. The Bertz CT molecular complexity index is 89.7. The third-order valence-electron chi connectivity index (χ3n) is 1.59. The molecule has 0 aliphatic carbocycles. The highest BCUT2D eigenvalue weighted by atomic mass is 16.7. The van der Waals surface area contributed by atoms with Gasteiger partial charge in [0.1, 0.15) is 0 Å². The van der Waals surface area contributed by atoms with Crippen LogP contribution in [0.1, 0.15) is 0 Å². The number of ether oxygens (including phenoxy) is 2. The fraction of sp³-hybridized carbons (Fsp3) is 1.00. The number of methoxy groups -OCH3 is 2. The second-order valence-corrected chi connectivity index (χ2v) is 2.25. The van der Waals surface area contributed by atoms with Crippen LogP contribution in [0.5, 0.6) is 0 Å². The Morgan fingerprint density at radius 2 is 2.10 bits per heavy atom. The topological polar surface area (TPSA) is 33.7 Å². The zero-order valence-electron chi connectivity index (χ0n) is 6.46. The maximum Gasteiger partial charge on any atom is 0.219 e. The Labute approximate surface area is 61.1 Å². The van der Waals surface area contributed by atoms with Gasteiger partial charge >= 0.3 is 0 Å². The van der Waals surface area contributed by atoms with Gasteiger partial charge in [-0.25, -0.2) is 4.90 Å².